The van der Waals surface area contributed by atoms with Crippen molar-refractivity contribution < 1.29 is 47.6 Å². The van der Waals surface area contributed by atoms with E-state index in [9.17, 15) is 19.2 Å². The van der Waals surface area contributed by atoms with Crippen molar-refractivity contribution in [3.8, 4) is 11.5 Å². The van der Waals surface area contributed by atoms with Gasteiger partial charge >= 0.3 is 24.2 Å². The number of hydrogen-bond acceptors (Lipinski definition) is 11. The van der Waals surface area contributed by atoms with Crippen LogP contribution in [0.25, 0.3) is 0 Å². The first-order valence-corrected chi connectivity index (χ1v) is 14.6. The maximum Gasteiger partial charge on any atom is 0.513 e. The number of ether oxygens (including phenoxy) is 6. The van der Waals surface area contributed by atoms with Crippen molar-refractivity contribution in [1.29, 1.82) is 0 Å². The fourth-order valence-electron chi connectivity index (χ4n) is 4.10. The van der Waals surface area contributed by atoms with Gasteiger partial charge < -0.3 is 34.2 Å². The van der Waals surface area contributed by atoms with E-state index >= 15 is 0 Å². The summed E-state index contributed by atoms with van der Waals surface area (Å²) in [6.07, 6.45) is 4.58. The minimum absolute atomic E-state index is 0.0320. The second-order valence-corrected chi connectivity index (χ2v) is 10.3. The Kier molecular flexibility index (Phi) is 15.0. The van der Waals surface area contributed by atoms with Crippen molar-refractivity contribution in [3.63, 3.8) is 0 Å². The van der Waals surface area contributed by atoms with Gasteiger partial charge in [-0.3, -0.25) is 9.59 Å². The van der Waals surface area contributed by atoms with Crippen LogP contribution in [0.2, 0.25) is 0 Å². The molecule has 0 radical (unpaired) electrons. The van der Waals surface area contributed by atoms with E-state index in [4.69, 9.17) is 34.2 Å². The lowest BCUT2D eigenvalue weighted by Gasteiger charge is -2.26. The quantitative estimate of drug-likeness (QED) is 0.119. The van der Waals surface area contributed by atoms with Gasteiger partial charge in [0.2, 0.25) is 0 Å². The third-order valence-corrected chi connectivity index (χ3v) is 6.79. The maximum atomic E-state index is 12.7. The molecule has 0 bridgehead atoms. The second-order valence-electron chi connectivity index (χ2n) is 10.3. The number of carbonyl (C=O) groups is 4. The van der Waals surface area contributed by atoms with Gasteiger partial charge in [-0.25, -0.2) is 9.59 Å². The number of nitrogens with two attached hydrogens (primary N) is 1. The lowest BCUT2D eigenvalue weighted by Crippen LogP contribution is -2.40. The molecule has 1 aliphatic carbocycles. The highest BCUT2D eigenvalue weighted by atomic mass is 16.7. The first kappa shape index (κ1) is 33.9. The van der Waals surface area contributed by atoms with Crippen molar-refractivity contribution >= 4 is 24.2 Å². The largest absolute Gasteiger partial charge is 0.513 e. The van der Waals surface area contributed by atoms with Gasteiger partial charge in [0.05, 0.1) is 19.1 Å². The molecule has 0 saturated heterocycles. The summed E-state index contributed by atoms with van der Waals surface area (Å²) in [5.41, 5.74) is 6.63. The van der Waals surface area contributed by atoms with Gasteiger partial charge in [-0.15, -0.1) is 0 Å². The molecular weight excluding hydrogens is 534 g/mol. The number of benzene rings is 1. The molecule has 230 valence electrons. The first-order chi connectivity index (χ1) is 19.6. The van der Waals surface area contributed by atoms with Gasteiger partial charge in [-0.05, 0) is 63.6 Å². The van der Waals surface area contributed by atoms with E-state index in [1.807, 2.05) is 13.8 Å². The predicted octanol–water partition coefficient (Wildman–Crippen LogP) is 5.63. The molecule has 0 heterocycles. The van der Waals surface area contributed by atoms with Crippen LogP contribution >= 0.6 is 0 Å². The first-order valence-electron chi connectivity index (χ1n) is 14.6. The maximum absolute atomic E-state index is 12.7. The molecule has 1 aromatic carbocycles. The van der Waals surface area contributed by atoms with Crippen LogP contribution in [0.4, 0.5) is 9.59 Å². The molecule has 11 heteroatoms. The number of hydrogen-bond donors (Lipinski definition) is 1. The highest BCUT2D eigenvalue weighted by Gasteiger charge is 2.28. The molecule has 0 amide bonds. The van der Waals surface area contributed by atoms with Crippen LogP contribution in [-0.4, -0.2) is 55.7 Å². The molecule has 1 fully saturated rings. The van der Waals surface area contributed by atoms with Gasteiger partial charge in [0.25, 0.3) is 0 Å². The van der Waals surface area contributed by atoms with E-state index in [1.165, 1.54) is 12.1 Å². The minimum Gasteiger partial charge on any atom is -0.459 e. The van der Waals surface area contributed by atoms with E-state index in [2.05, 4.69) is 0 Å². The van der Waals surface area contributed by atoms with Crippen LogP contribution in [0.3, 0.4) is 0 Å². The van der Waals surface area contributed by atoms with Crippen molar-refractivity contribution in [2.45, 2.75) is 110 Å². The van der Waals surface area contributed by atoms with Crippen molar-refractivity contribution in [1.82, 2.24) is 0 Å². The SMILES string of the molecule is CCCCOC(=O)Oc1ccc(C[C@H](N)C(=O)O[C@@H](C)C(C)OC(=O)C2CCCCC2)cc1OC(=O)OCCCC. The third kappa shape index (κ3) is 12.4. The Bertz CT molecular complexity index is 991. The van der Waals surface area contributed by atoms with Crippen LogP contribution < -0.4 is 15.2 Å². The number of carbonyl (C=O) groups excluding carboxylic acids is 4. The molecule has 1 saturated carbocycles. The summed E-state index contributed by atoms with van der Waals surface area (Å²) >= 11 is 0. The Labute approximate surface area is 242 Å². The molecule has 1 aromatic rings. The highest BCUT2D eigenvalue weighted by Crippen LogP contribution is 2.30. The van der Waals surface area contributed by atoms with Gasteiger partial charge in [0.15, 0.2) is 11.5 Å². The topological polar surface area (TPSA) is 150 Å². The van der Waals surface area contributed by atoms with Gasteiger partial charge in [-0.1, -0.05) is 52.0 Å². The van der Waals surface area contributed by atoms with Crippen LogP contribution in [0.15, 0.2) is 18.2 Å². The fourth-order valence-corrected chi connectivity index (χ4v) is 4.10. The lowest BCUT2D eigenvalue weighted by atomic mass is 9.89. The second kappa shape index (κ2) is 18.2. The minimum atomic E-state index is -1.06. The van der Waals surface area contributed by atoms with Crippen molar-refractivity contribution in [2.75, 3.05) is 13.2 Å². The lowest BCUT2D eigenvalue weighted by molar-refractivity contribution is -0.169. The average Bonchev–Trinajstić information content (AvgIpc) is 2.95. The molecule has 0 aromatic heterocycles. The van der Waals surface area contributed by atoms with Gasteiger partial charge in [-0.2, -0.15) is 0 Å². The van der Waals surface area contributed by atoms with E-state index in [-0.39, 0.29) is 43.0 Å². The zero-order valence-electron chi connectivity index (χ0n) is 24.7. The third-order valence-electron chi connectivity index (χ3n) is 6.79. The molecule has 2 rings (SSSR count). The number of rotatable bonds is 15. The highest BCUT2D eigenvalue weighted by molar-refractivity contribution is 5.76. The number of unbranched alkanes of at least 4 members (excludes halogenated alkanes) is 2. The molecule has 0 spiro atoms. The summed E-state index contributed by atoms with van der Waals surface area (Å²) in [4.78, 5) is 49.4. The summed E-state index contributed by atoms with van der Waals surface area (Å²) in [5.74, 6) is -1.20. The van der Waals surface area contributed by atoms with Crippen LogP contribution in [0.1, 0.15) is 91.0 Å². The number of esters is 2. The standard InChI is InChI=1S/C30H45NO10/c1-5-7-16-36-29(34)40-25-15-14-22(19-26(25)41-30(35)37-17-8-6-2)18-24(31)28(33)39-21(4)20(3)38-27(32)23-12-10-9-11-13-23/h14-15,19-21,23-24H,5-13,16-18,31H2,1-4H3/t20?,21-,24-/m0/s1. The predicted molar refractivity (Wildman–Crippen MR) is 150 cm³/mol. The van der Waals surface area contributed by atoms with E-state index < -0.39 is 36.5 Å². The Balaban J connectivity index is 2.00. The van der Waals surface area contributed by atoms with Crippen LogP contribution in [-0.2, 0) is 35.0 Å². The summed E-state index contributed by atoms with van der Waals surface area (Å²) in [5, 5.41) is 0. The monoisotopic (exact) mass is 579 g/mol. The Morgan fingerprint density at radius 2 is 1.39 bits per heavy atom. The summed E-state index contributed by atoms with van der Waals surface area (Å²) in [6.45, 7) is 7.60. The van der Waals surface area contributed by atoms with Gasteiger partial charge in [0, 0.05) is 0 Å². The molecular formula is C30H45NO10. The zero-order valence-corrected chi connectivity index (χ0v) is 24.7. The molecule has 11 nitrogen and oxygen atoms in total. The fraction of sp³-hybridized carbons (Fsp3) is 0.667. The van der Waals surface area contributed by atoms with E-state index in [0.717, 1.165) is 44.9 Å². The van der Waals surface area contributed by atoms with Gasteiger partial charge in [0.1, 0.15) is 18.2 Å². The molecule has 3 atom stereocenters. The zero-order chi connectivity index (χ0) is 30.2. The van der Waals surface area contributed by atoms with E-state index in [1.54, 1.807) is 19.9 Å². The molecule has 1 aliphatic rings. The van der Waals surface area contributed by atoms with Crippen molar-refractivity contribution in [3.05, 3.63) is 23.8 Å². The van der Waals surface area contributed by atoms with E-state index in [0.29, 0.717) is 18.4 Å². The Morgan fingerprint density at radius 1 is 0.829 bits per heavy atom. The van der Waals surface area contributed by atoms with Crippen LogP contribution in [0.5, 0.6) is 11.5 Å². The average molecular weight is 580 g/mol. The molecule has 0 aliphatic heterocycles. The molecule has 41 heavy (non-hydrogen) atoms. The molecule has 2 N–H and O–H groups in total. The Morgan fingerprint density at radius 3 is 1.98 bits per heavy atom. The summed E-state index contributed by atoms with van der Waals surface area (Å²) < 4.78 is 31.6. The summed E-state index contributed by atoms with van der Waals surface area (Å²) in [7, 11) is 0. The normalized spacial score (nSPS) is 15.6. The molecule has 1 unspecified atom stereocenters. The summed E-state index contributed by atoms with van der Waals surface area (Å²) in [6, 6.07) is 3.36. The van der Waals surface area contributed by atoms with Crippen molar-refractivity contribution in [2.24, 2.45) is 11.7 Å². The van der Waals surface area contributed by atoms with Crippen LogP contribution in [0, 0.1) is 5.92 Å². The Hall–Kier alpha value is -3.34. The smallest absolute Gasteiger partial charge is 0.459 e.